The first-order chi connectivity index (χ1) is 8.27. The van der Waals surface area contributed by atoms with Crippen LogP contribution >= 0.6 is 0 Å². The molecule has 1 aliphatic heterocycles. The van der Waals surface area contributed by atoms with Crippen LogP contribution in [-0.2, 0) is 17.8 Å². The van der Waals surface area contributed by atoms with Gasteiger partial charge in [-0.3, -0.25) is 0 Å². The molecule has 0 amide bonds. The van der Waals surface area contributed by atoms with Crippen molar-refractivity contribution in [2.75, 3.05) is 32.7 Å². The first-order valence-corrected chi connectivity index (χ1v) is 5.93. The van der Waals surface area contributed by atoms with Crippen LogP contribution in [0.15, 0.2) is 12.1 Å². The minimum absolute atomic E-state index is 0.663. The minimum Gasteiger partial charge on any atom is -0.496 e. The Morgan fingerprint density at radius 1 is 1.35 bits per heavy atom. The van der Waals surface area contributed by atoms with E-state index in [0.29, 0.717) is 6.54 Å². The van der Waals surface area contributed by atoms with Crippen molar-refractivity contribution < 1.29 is 9.57 Å². The molecule has 0 bridgehead atoms. The van der Waals surface area contributed by atoms with E-state index in [0.717, 1.165) is 24.3 Å². The number of hydrogen-bond donors (Lipinski definition) is 1. The first kappa shape index (κ1) is 12.2. The van der Waals surface area contributed by atoms with Gasteiger partial charge in [0.25, 0.3) is 0 Å². The summed E-state index contributed by atoms with van der Waals surface area (Å²) in [6.07, 6.45) is 2.27. The van der Waals surface area contributed by atoms with Gasteiger partial charge in [0, 0.05) is 37.0 Å². The van der Waals surface area contributed by atoms with Gasteiger partial charge < -0.3 is 14.5 Å². The predicted molar refractivity (Wildman–Crippen MR) is 68.4 cm³/mol. The number of anilines is 1. The molecule has 0 aliphatic carbocycles. The lowest BCUT2D eigenvalue weighted by molar-refractivity contribution is 0.0861. The van der Waals surface area contributed by atoms with Crippen molar-refractivity contribution in [3.63, 3.8) is 0 Å². The molecule has 0 radical (unpaired) electrons. The highest BCUT2D eigenvalue weighted by Gasteiger charge is 2.19. The summed E-state index contributed by atoms with van der Waals surface area (Å²) >= 11 is 0. The third-order valence-corrected chi connectivity index (χ3v) is 3.26. The Morgan fingerprint density at radius 3 is 2.88 bits per heavy atom. The third kappa shape index (κ3) is 2.37. The third-order valence-electron chi connectivity index (χ3n) is 3.26. The van der Waals surface area contributed by atoms with Crippen LogP contribution in [0.2, 0.25) is 0 Å². The van der Waals surface area contributed by atoms with Gasteiger partial charge in [0.15, 0.2) is 0 Å². The van der Waals surface area contributed by atoms with Crippen LogP contribution < -0.4 is 15.1 Å². The molecule has 0 fully saturated rings. The number of rotatable bonds is 4. The normalized spacial score (nSPS) is 14.6. The Morgan fingerprint density at radius 2 is 2.18 bits per heavy atom. The molecule has 0 atom stereocenters. The first-order valence-electron chi connectivity index (χ1n) is 5.93. The maximum absolute atomic E-state index is 5.57. The predicted octanol–water partition coefficient (Wildman–Crippen LogP) is 1.73. The summed E-state index contributed by atoms with van der Waals surface area (Å²) in [6.45, 7) is 1.78. The number of nitrogens with one attached hydrogen (secondary N) is 1. The molecule has 1 N–H and O–H groups in total. The number of fused-ring (bicyclic) bond motifs is 1. The van der Waals surface area contributed by atoms with Crippen molar-refractivity contribution in [3.05, 3.63) is 23.3 Å². The summed E-state index contributed by atoms with van der Waals surface area (Å²) in [4.78, 5) is 7.18. The van der Waals surface area contributed by atoms with E-state index in [-0.39, 0.29) is 0 Å². The lowest BCUT2D eigenvalue weighted by atomic mass is 9.98. The van der Waals surface area contributed by atoms with Crippen molar-refractivity contribution in [1.29, 1.82) is 0 Å². The lowest BCUT2D eigenvalue weighted by Crippen LogP contribution is -2.25. The van der Waals surface area contributed by atoms with Gasteiger partial charge in [-0.2, -0.15) is 5.48 Å². The molecule has 4 nitrogen and oxygen atoms in total. The van der Waals surface area contributed by atoms with Gasteiger partial charge in [0.1, 0.15) is 5.75 Å². The van der Waals surface area contributed by atoms with E-state index in [4.69, 9.17) is 9.57 Å². The van der Waals surface area contributed by atoms with Crippen LogP contribution in [0, 0.1) is 0 Å². The smallest absolute Gasteiger partial charge is 0.128 e. The SMILES string of the molecule is CONCc1ccc2c(c1OC)CCCN2C. The molecule has 0 aromatic heterocycles. The van der Waals surface area contributed by atoms with Gasteiger partial charge in [0.2, 0.25) is 0 Å². The second-order valence-electron chi connectivity index (χ2n) is 4.31. The fraction of sp³-hybridized carbons (Fsp3) is 0.538. The van der Waals surface area contributed by atoms with E-state index in [1.807, 2.05) is 0 Å². The lowest BCUT2D eigenvalue weighted by Gasteiger charge is -2.29. The molecular weight excluding hydrogens is 216 g/mol. The molecule has 1 aliphatic rings. The Balaban J connectivity index is 2.37. The van der Waals surface area contributed by atoms with Gasteiger partial charge in [-0.05, 0) is 18.9 Å². The zero-order chi connectivity index (χ0) is 12.3. The minimum atomic E-state index is 0.663. The number of benzene rings is 1. The Labute approximate surface area is 102 Å². The fourth-order valence-corrected chi connectivity index (χ4v) is 2.42. The second kappa shape index (κ2) is 5.38. The van der Waals surface area contributed by atoms with Gasteiger partial charge in [0.05, 0.1) is 14.2 Å². The maximum Gasteiger partial charge on any atom is 0.128 e. The van der Waals surface area contributed by atoms with Gasteiger partial charge in [-0.1, -0.05) is 6.07 Å². The number of methoxy groups -OCH3 is 1. The Bertz CT molecular complexity index is 393. The summed E-state index contributed by atoms with van der Waals surface area (Å²) in [5.74, 6) is 0.999. The average Bonchev–Trinajstić information content (AvgIpc) is 2.36. The van der Waals surface area contributed by atoms with Gasteiger partial charge >= 0.3 is 0 Å². The molecular formula is C13H20N2O2. The van der Waals surface area contributed by atoms with Gasteiger partial charge in [-0.25, -0.2) is 0 Å². The summed E-state index contributed by atoms with van der Waals surface area (Å²) in [5.41, 5.74) is 6.61. The molecule has 2 rings (SSSR count). The Hall–Kier alpha value is -1.26. The summed E-state index contributed by atoms with van der Waals surface area (Å²) in [6, 6.07) is 4.27. The van der Waals surface area contributed by atoms with Crippen LogP contribution in [-0.4, -0.2) is 27.8 Å². The van der Waals surface area contributed by atoms with E-state index in [2.05, 4.69) is 29.6 Å². The van der Waals surface area contributed by atoms with Crippen LogP contribution in [0.1, 0.15) is 17.5 Å². The largest absolute Gasteiger partial charge is 0.496 e. The zero-order valence-electron chi connectivity index (χ0n) is 10.7. The molecule has 1 heterocycles. The molecule has 0 saturated carbocycles. The van der Waals surface area contributed by atoms with Crippen molar-refractivity contribution >= 4 is 5.69 Å². The number of nitrogens with zero attached hydrogens (tertiary/aromatic N) is 1. The van der Waals surface area contributed by atoms with E-state index >= 15 is 0 Å². The highest BCUT2D eigenvalue weighted by atomic mass is 16.6. The van der Waals surface area contributed by atoms with Crippen LogP contribution in [0.3, 0.4) is 0 Å². The summed E-state index contributed by atoms with van der Waals surface area (Å²) in [5, 5.41) is 0. The van der Waals surface area contributed by atoms with Crippen molar-refractivity contribution in [3.8, 4) is 5.75 Å². The van der Waals surface area contributed by atoms with E-state index < -0.39 is 0 Å². The molecule has 0 saturated heterocycles. The number of ether oxygens (including phenoxy) is 1. The maximum atomic E-state index is 5.57. The molecule has 0 spiro atoms. The van der Waals surface area contributed by atoms with Gasteiger partial charge in [-0.15, -0.1) is 0 Å². The fourth-order valence-electron chi connectivity index (χ4n) is 2.42. The molecule has 4 heteroatoms. The molecule has 17 heavy (non-hydrogen) atoms. The van der Waals surface area contributed by atoms with E-state index in [1.54, 1.807) is 14.2 Å². The molecule has 1 aromatic rings. The van der Waals surface area contributed by atoms with Crippen molar-refractivity contribution in [2.24, 2.45) is 0 Å². The molecule has 1 aromatic carbocycles. The summed E-state index contributed by atoms with van der Waals surface area (Å²) in [7, 11) is 5.49. The van der Waals surface area contributed by atoms with Crippen LogP contribution in [0.4, 0.5) is 5.69 Å². The highest BCUT2D eigenvalue weighted by molar-refractivity contribution is 5.63. The standard InChI is InChI=1S/C13H20N2O2/c1-15-8-4-5-11-12(15)7-6-10(9-14-17-3)13(11)16-2/h6-7,14H,4-5,8-9H2,1-3H3. The summed E-state index contributed by atoms with van der Waals surface area (Å²) < 4.78 is 5.57. The number of hydroxylamine groups is 1. The molecule has 0 unspecified atom stereocenters. The van der Waals surface area contributed by atoms with Crippen LogP contribution in [0.25, 0.3) is 0 Å². The van der Waals surface area contributed by atoms with Crippen LogP contribution in [0.5, 0.6) is 5.75 Å². The highest BCUT2D eigenvalue weighted by Crippen LogP contribution is 2.36. The van der Waals surface area contributed by atoms with E-state index in [1.165, 1.54) is 17.7 Å². The van der Waals surface area contributed by atoms with E-state index in [9.17, 15) is 0 Å². The number of hydrogen-bond acceptors (Lipinski definition) is 4. The second-order valence-corrected chi connectivity index (χ2v) is 4.31. The van der Waals surface area contributed by atoms with Crippen molar-refractivity contribution in [2.45, 2.75) is 19.4 Å². The zero-order valence-corrected chi connectivity index (χ0v) is 10.7. The monoisotopic (exact) mass is 236 g/mol. The molecule has 94 valence electrons. The Kier molecular flexibility index (Phi) is 3.86. The average molecular weight is 236 g/mol. The topological polar surface area (TPSA) is 33.7 Å². The van der Waals surface area contributed by atoms with Crippen molar-refractivity contribution in [1.82, 2.24) is 5.48 Å². The quantitative estimate of drug-likeness (QED) is 0.807.